The number of nitrogens with one attached hydrogen (secondary N) is 1. The first-order valence-electron chi connectivity index (χ1n) is 2.42. The quantitative estimate of drug-likeness (QED) is 0.551. The highest BCUT2D eigenvalue weighted by Gasteiger charge is 1.86. The van der Waals surface area contributed by atoms with Crippen LogP contribution in [0.1, 0.15) is 0 Å². The number of aromatic nitrogens is 1. The van der Waals surface area contributed by atoms with Crippen LogP contribution in [0.3, 0.4) is 0 Å². The number of hydrogen-bond acceptors (Lipinski definition) is 4. The van der Waals surface area contributed by atoms with Crippen LogP contribution >= 0.6 is 0 Å². The molecule has 0 aliphatic rings. The van der Waals surface area contributed by atoms with Gasteiger partial charge >= 0.3 is 0 Å². The molecule has 0 amide bonds. The summed E-state index contributed by atoms with van der Waals surface area (Å²) in [6.45, 7) is 0. The van der Waals surface area contributed by atoms with E-state index in [0.717, 1.165) is 0 Å². The van der Waals surface area contributed by atoms with Gasteiger partial charge in [0, 0.05) is 0 Å². The first-order valence-corrected chi connectivity index (χ1v) is 2.42. The molecule has 0 saturated carbocycles. The molecule has 0 radical (unpaired) electrons. The third kappa shape index (κ3) is 1.22. The van der Waals surface area contributed by atoms with Crippen molar-refractivity contribution >= 4 is 11.5 Å². The molecule has 0 unspecified atom stereocenters. The van der Waals surface area contributed by atoms with Crippen LogP contribution in [0.5, 0.6) is 0 Å². The second-order valence-electron chi connectivity index (χ2n) is 1.55. The Morgan fingerprint density at radius 2 is 2.33 bits per heavy atom. The Bertz CT molecular complexity index is 203. The van der Waals surface area contributed by atoms with E-state index in [9.17, 15) is 0 Å². The molecule has 1 aromatic heterocycles. The summed E-state index contributed by atoms with van der Waals surface area (Å²) < 4.78 is 0. The smallest absolute Gasteiger partial charge is 0.123 e. The molecule has 1 aromatic rings. The predicted molar refractivity (Wildman–Crippen MR) is 33.5 cm³/mol. The van der Waals surface area contributed by atoms with Crippen molar-refractivity contribution in [3.8, 4) is 0 Å². The first kappa shape index (κ1) is 5.68. The highest BCUT2D eigenvalue weighted by atomic mass is 15.0. The van der Waals surface area contributed by atoms with E-state index in [-0.39, 0.29) is 0 Å². The van der Waals surface area contributed by atoms with E-state index >= 15 is 0 Å². The maximum atomic E-state index is 6.56. The molecule has 9 heavy (non-hydrogen) atoms. The zero-order chi connectivity index (χ0) is 6.69. The molecular weight excluding hydrogens is 116 g/mol. The standard InChI is InChI=1S/C5H6N4/c6-5-2-1-4(9-7)3-8-5/h1-3,7H,(H2,6,8). The number of pyridine rings is 1. The van der Waals surface area contributed by atoms with Crippen molar-refractivity contribution in [2.45, 2.75) is 0 Å². The monoisotopic (exact) mass is 122 g/mol. The van der Waals surface area contributed by atoms with Gasteiger partial charge in [-0.2, -0.15) is 5.11 Å². The molecule has 0 bridgehead atoms. The van der Waals surface area contributed by atoms with Gasteiger partial charge in [0.1, 0.15) is 11.5 Å². The molecule has 0 spiro atoms. The van der Waals surface area contributed by atoms with Crippen molar-refractivity contribution in [2.24, 2.45) is 5.11 Å². The zero-order valence-electron chi connectivity index (χ0n) is 4.70. The van der Waals surface area contributed by atoms with Gasteiger partial charge in [0.25, 0.3) is 0 Å². The van der Waals surface area contributed by atoms with E-state index in [1.54, 1.807) is 12.1 Å². The third-order valence-electron chi connectivity index (χ3n) is 0.900. The first-order chi connectivity index (χ1) is 4.33. The van der Waals surface area contributed by atoms with Gasteiger partial charge in [-0.1, -0.05) is 0 Å². The molecule has 0 fully saturated rings. The molecule has 0 aliphatic carbocycles. The molecule has 4 heteroatoms. The minimum atomic E-state index is 0.447. The molecule has 46 valence electrons. The Labute approximate surface area is 52.2 Å². The molecular formula is C5H6N4. The highest BCUT2D eigenvalue weighted by Crippen LogP contribution is 2.09. The predicted octanol–water partition coefficient (Wildman–Crippen LogP) is 1.33. The summed E-state index contributed by atoms with van der Waals surface area (Å²) in [5.41, 5.74) is 12.3. The molecule has 0 atom stereocenters. The van der Waals surface area contributed by atoms with Crippen LogP contribution < -0.4 is 5.73 Å². The van der Waals surface area contributed by atoms with Crippen LogP contribution in [0.4, 0.5) is 11.5 Å². The van der Waals surface area contributed by atoms with Crippen molar-refractivity contribution in [3.63, 3.8) is 0 Å². The van der Waals surface area contributed by atoms with E-state index in [4.69, 9.17) is 11.3 Å². The van der Waals surface area contributed by atoms with Crippen molar-refractivity contribution in [1.82, 2.24) is 4.98 Å². The van der Waals surface area contributed by atoms with Gasteiger partial charge in [-0.05, 0) is 12.1 Å². The Balaban J connectivity index is 3.01. The largest absolute Gasteiger partial charge is 0.384 e. The van der Waals surface area contributed by atoms with Gasteiger partial charge in [0.15, 0.2) is 0 Å². The van der Waals surface area contributed by atoms with Gasteiger partial charge in [-0.25, -0.2) is 10.5 Å². The van der Waals surface area contributed by atoms with Gasteiger partial charge in [-0.3, -0.25) is 0 Å². The van der Waals surface area contributed by atoms with Crippen LogP contribution in [0.15, 0.2) is 23.4 Å². The van der Waals surface area contributed by atoms with E-state index in [1.807, 2.05) is 0 Å². The lowest BCUT2D eigenvalue weighted by Crippen LogP contribution is -1.85. The van der Waals surface area contributed by atoms with Gasteiger partial charge in [-0.15, -0.1) is 0 Å². The average molecular weight is 122 g/mol. The second-order valence-corrected chi connectivity index (χ2v) is 1.55. The Kier molecular flexibility index (Phi) is 1.40. The normalized spacial score (nSPS) is 8.89. The van der Waals surface area contributed by atoms with Crippen molar-refractivity contribution in [1.29, 1.82) is 5.53 Å². The summed E-state index contributed by atoms with van der Waals surface area (Å²) in [5, 5.41) is 3.14. The fourth-order valence-electron chi connectivity index (χ4n) is 0.464. The highest BCUT2D eigenvalue weighted by molar-refractivity contribution is 5.39. The van der Waals surface area contributed by atoms with Gasteiger partial charge < -0.3 is 5.73 Å². The molecule has 3 N–H and O–H groups in total. The maximum Gasteiger partial charge on any atom is 0.123 e. The number of nitrogen functional groups attached to an aromatic ring is 1. The third-order valence-corrected chi connectivity index (χ3v) is 0.900. The molecule has 0 aliphatic heterocycles. The zero-order valence-corrected chi connectivity index (χ0v) is 4.70. The lowest BCUT2D eigenvalue weighted by Gasteiger charge is -1.89. The fraction of sp³-hybridized carbons (Fsp3) is 0. The maximum absolute atomic E-state index is 6.56. The number of hydrogen-bond donors (Lipinski definition) is 2. The minimum Gasteiger partial charge on any atom is -0.384 e. The van der Waals surface area contributed by atoms with Crippen molar-refractivity contribution in [3.05, 3.63) is 18.3 Å². The minimum absolute atomic E-state index is 0.447. The summed E-state index contributed by atoms with van der Waals surface area (Å²) >= 11 is 0. The Morgan fingerprint density at radius 1 is 1.56 bits per heavy atom. The Morgan fingerprint density at radius 3 is 2.78 bits per heavy atom. The van der Waals surface area contributed by atoms with E-state index in [0.29, 0.717) is 11.5 Å². The van der Waals surface area contributed by atoms with Crippen LogP contribution in [0, 0.1) is 5.53 Å². The molecule has 1 heterocycles. The summed E-state index contributed by atoms with van der Waals surface area (Å²) in [6.07, 6.45) is 1.45. The molecule has 0 saturated heterocycles. The van der Waals surface area contributed by atoms with E-state index in [1.165, 1.54) is 6.20 Å². The van der Waals surface area contributed by atoms with E-state index in [2.05, 4.69) is 10.1 Å². The fourth-order valence-corrected chi connectivity index (χ4v) is 0.464. The van der Waals surface area contributed by atoms with Gasteiger partial charge in [0.2, 0.25) is 0 Å². The van der Waals surface area contributed by atoms with E-state index < -0.39 is 0 Å². The summed E-state index contributed by atoms with van der Waals surface area (Å²) in [5.74, 6) is 0.447. The van der Waals surface area contributed by atoms with Crippen molar-refractivity contribution < 1.29 is 0 Å². The number of rotatable bonds is 1. The number of nitrogens with zero attached hydrogens (tertiary/aromatic N) is 2. The summed E-state index contributed by atoms with van der Waals surface area (Å²) in [6, 6.07) is 3.24. The van der Waals surface area contributed by atoms with Crippen LogP contribution in [0.25, 0.3) is 0 Å². The number of anilines is 1. The lowest BCUT2D eigenvalue weighted by atomic mass is 10.4. The number of nitrogens with two attached hydrogens (primary N) is 1. The van der Waals surface area contributed by atoms with Crippen LogP contribution in [-0.4, -0.2) is 4.98 Å². The summed E-state index contributed by atoms with van der Waals surface area (Å²) in [7, 11) is 0. The second kappa shape index (κ2) is 2.21. The van der Waals surface area contributed by atoms with Crippen LogP contribution in [0.2, 0.25) is 0 Å². The summed E-state index contributed by atoms with van der Waals surface area (Å²) in [4.78, 5) is 3.71. The lowest BCUT2D eigenvalue weighted by molar-refractivity contribution is 1.13. The average Bonchev–Trinajstić information content (AvgIpc) is 1.90. The molecule has 4 nitrogen and oxygen atoms in total. The molecule has 1 rings (SSSR count). The molecule has 0 aromatic carbocycles. The Hall–Kier alpha value is -1.45. The SMILES string of the molecule is N=Nc1ccc(N)nc1. The van der Waals surface area contributed by atoms with Gasteiger partial charge in [0.05, 0.1) is 6.20 Å². The topological polar surface area (TPSA) is 75.1 Å². The van der Waals surface area contributed by atoms with Crippen LogP contribution in [-0.2, 0) is 0 Å². The van der Waals surface area contributed by atoms with Crippen molar-refractivity contribution in [2.75, 3.05) is 5.73 Å².